The van der Waals surface area contributed by atoms with Crippen LogP contribution >= 0.6 is 33.2 Å². The molecule has 0 aliphatic carbocycles. The molecule has 0 aliphatic rings. The van der Waals surface area contributed by atoms with Crippen LogP contribution in [0.5, 0.6) is 0 Å². The zero-order valence-electron chi connectivity index (χ0n) is 4.07. The van der Waals surface area contributed by atoms with Gasteiger partial charge in [0, 0.05) is 7.05 Å². The van der Waals surface area contributed by atoms with Crippen LogP contribution in [0.2, 0.25) is 0 Å². The predicted molar refractivity (Wildman–Crippen MR) is 38.8 cm³/mol. The van der Waals surface area contributed by atoms with Crippen LogP contribution in [0.15, 0.2) is 4.99 Å². The van der Waals surface area contributed by atoms with E-state index in [1.54, 1.807) is 0 Å². The van der Waals surface area contributed by atoms with Gasteiger partial charge in [-0.1, -0.05) is 33.2 Å². The molecule has 0 spiro atoms. The molecule has 0 radical (unpaired) electrons. The molecule has 0 heterocycles. The van der Waals surface area contributed by atoms with Gasteiger partial charge in [-0.15, -0.1) is 0 Å². The molecule has 0 atom stereocenters. The van der Waals surface area contributed by atoms with Crippen LogP contribution in [0.3, 0.4) is 0 Å². The molecule has 0 fully saturated rings. The zero-order chi connectivity index (χ0) is 6.62. The van der Waals surface area contributed by atoms with Gasteiger partial charge in [0.1, 0.15) is 0 Å². The highest BCUT2D eigenvalue weighted by Crippen LogP contribution is 2.19. The average molecular weight is 193 g/mol. The number of nitrogens with zero attached hydrogens (tertiary/aromatic N) is 1. The lowest BCUT2D eigenvalue weighted by molar-refractivity contribution is 0.617. The van der Waals surface area contributed by atoms with Crippen molar-refractivity contribution in [2.24, 2.45) is 4.99 Å². The van der Waals surface area contributed by atoms with Gasteiger partial charge in [0.2, 0.25) is 0 Å². The van der Waals surface area contributed by atoms with Crippen molar-refractivity contribution >= 4 is 45.9 Å². The molecular formula is C2H4Cl3NOSi. The third-order valence-corrected chi connectivity index (χ3v) is 1.47. The highest BCUT2D eigenvalue weighted by molar-refractivity contribution is 7.62. The molecule has 0 bridgehead atoms. The van der Waals surface area contributed by atoms with Gasteiger partial charge >= 0.3 is 6.25 Å². The third-order valence-electron chi connectivity index (χ3n) is 0.292. The standard InChI is InChI=1S/C2H4Cl3NOSi/c1-6-2-7-8(3,4)5/h2H,1H3. The fraction of sp³-hybridized carbons (Fsp3) is 0.500. The minimum Gasteiger partial charge on any atom is -0.499 e. The summed E-state index contributed by atoms with van der Waals surface area (Å²) >= 11 is 15.8. The maximum atomic E-state index is 5.27. The van der Waals surface area contributed by atoms with E-state index in [0.717, 1.165) is 6.40 Å². The molecule has 2 nitrogen and oxygen atoms in total. The van der Waals surface area contributed by atoms with Gasteiger partial charge in [-0.25, -0.2) is 0 Å². The Morgan fingerprint density at radius 3 is 2.12 bits per heavy atom. The minimum absolute atomic E-state index is 1.12. The number of halogens is 3. The molecule has 0 saturated carbocycles. The Morgan fingerprint density at radius 1 is 1.50 bits per heavy atom. The van der Waals surface area contributed by atoms with E-state index in [4.69, 9.17) is 33.2 Å². The van der Waals surface area contributed by atoms with Crippen molar-refractivity contribution in [1.82, 2.24) is 0 Å². The smallest absolute Gasteiger partial charge is 0.499 e. The number of hydrogen-bond acceptors (Lipinski definition) is 2. The van der Waals surface area contributed by atoms with E-state index in [-0.39, 0.29) is 0 Å². The molecule has 0 aromatic rings. The van der Waals surface area contributed by atoms with Crippen molar-refractivity contribution in [3.63, 3.8) is 0 Å². The van der Waals surface area contributed by atoms with Crippen LogP contribution in [0.1, 0.15) is 0 Å². The summed E-state index contributed by atoms with van der Waals surface area (Å²) in [6.45, 7) is 0. The second kappa shape index (κ2) is 3.56. The lowest BCUT2D eigenvalue weighted by Gasteiger charge is -2.02. The molecule has 0 saturated heterocycles. The second-order valence-electron chi connectivity index (χ2n) is 0.927. The summed E-state index contributed by atoms with van der Waals surface area (Å²) in [6, 6.07) is 0. The molecule has 48 valence electrons. The van der Waals surface area contributed by atoms with Gasteiger partial charge in [0.25, 0.3) is 0 Å². The molecule has 0 unspecified atom stereocenters. The summed E-state index contributed by atoms with van der Waals surface area (Å²) in [5.41, 5.74) is 0. The van der Waals surface area contributed by atoms with Crippen LogP contribution in [-0.2, 0) is 4.43 Å². The van der Waals surface area contributed by atoms with E-state index in [2.05, 4.69) is 9.42 Å². The number of rotatable bonds is 2. The summed E-state index contributed by atoms with van der Waals surface area (Å²) in [6.07, 6.45) is -1.79. The monoisotopic (exact) mass is 191 g/mol. The van der Waals surface area contributed by atoms with Crippen LogP contribution in [0, 0.1) is 0 Å². The van der Waals surface area contributed by atoms with E-state index in [9.17, 15) is 0 Å². The lowest BCUT2D eigenvalue weighted by atomic mass is 11.4. The Balaban J connectivity index is 3.39. The van der Waals surface area contributed by atoms with Crippen molar-refractivity contribution in [2.75, 3.05) is 7.05 Å². The summed E-state index contributed by atoms with van der Waals surface area (Å²) in [4.78, 5) is 3.46. The molecule has 6 heteroatoms. The first-order valence-corrected chi connectivity index (χ1v) is 6.66. The molecule has 0 aromatic carbocycles. The van der Waals surface area contributed by atoms with Crippen LogP contribution in [-0.4, -0.2) is 19.7 Å². The highest BCUT2D eigenvalue weighted by atomic mass is 35.8. The molecular weight excluding hydrogens is 188 g/mol. The molecule has 8 heavy (non-hydrogen) atoms. The first-order valence-electron chi connectivity index (χ1n) is 1.71. The topological polar surface area (TPSA) is 21.6 Å². The first-order chi connectivity index (χ1) is 3.56. The van der Waals surface area contributed by atoms with Gasteiger partial charge in [-0.05, 0) is 0 Å². The molecule has 0 aromatic heterocycles. The van der Waals surface area contributed by atoms with Gasteiger partial charge in [0.15, 0.2) is 6.40 Å². The quantitative estimate of drug-likeness (QED) is 0.283. The van der Waals surface area contributed by atoms with Crippen LogP contribution in [0.25, 0.3) is 0 Å². The fourth-order valence-corrected chi connectivity index (χ4v) is 0.696. The Labute approximate surface area is 62.6 Å². The van der Waals surface area contributed by atoms with Crippen molar-refractivity contribution in [1.29, 1.82) is 0 Å². The van der Waals surface area contributed by atoms with Crippen molar-refractivity contribution in [3.8, 4) is 0 Å². The largest absolute Gasteiger partial charge is 0.556 e. The van der Waals surface area contributed by atoms with E-state index in [1.807, 2.05) is 0 Å². The predicted octanol–water partition coefficient (Wildman–Crippen LogP) is 1.81. The van der Waals surface area contributed by atoms with Crippen LogP contribution in [0.4, 0.5) is 0 Å². The van der Waals surface area contributed by atoms with Crippen molar-refractivity contribution < 1.29 is 4.43 Å². The Morgan fingerprint density at radius 2 is 2.00 bits per heavy atom. The maximum Gasteiger partial charge on any atom is 0.556 e. The van der Waals surface area contributed by atoms with Gasteiger partial charge < -0.3 is 4.43 Å². The molecule has 0 rings (SSSR count). The zero-order valence-corrected chi connectivity index (χ0v) is 7.33. The maximum absolute atomic E-state index is 5.27. The highest BCUT2D eigenvalue weighted by Gasteiger charge is 2.28. The Hall–Kier alpha value is 0.557. The van der Waals surface area contributed by atoms with Gasteiger partial charge in [-0.2, -0.15) is 0 Å². The fourth-order valence-electron chi connectivity index (χ4n) is 0.112. The Bertz CT molecular complexity index is 89.8. The molecule has 0 N–H and O–H groups in total. The van der Waals surface area contributed by atoms with E-state index >= 15 is 0 Å². The normalized spacial score (nSPS) is 12.5. The van der Waals surface area contributed by atoms with Crippen molar-refractivity contribution in [3.05, 3.63) is 0 Å². The van der Waals surface area contributed by atoms with Crippen LogP contribution < -0.4 is 0 Å². The number of aliphatic imine (C=N–C) groups is 1. The van der Waals surface area contributed by atoms with E-state index in [1.165, 1.54) is 7.05 Å². The minimum atomic E-state index is -2.91. The summed E-state index contributed by atoms with van der Waals surface area (Å²) in [5.74, 6) is 0. The van der Waals surface area contributed by atoms with Crippen molar-refractivity contribution in [2.45, 2.75) is 0 Å². The van der Waals surface area contributed by atoms with E-state index < -0.39 is 6.25 Å². The van der Waals surface area contributed by atoms with Gasteiger partial charge in [-0.3, -0.25) is 4.99 Å². The Kier molecular flexibility index (Phi) is 3.80. The van der Waals surface area contributed by atoms with Gasteiger partial charge in [0.05, 0.1) is 0 Å². The summed E-state index contributed by atoms with van der Waals surface area (Å²) in [7, 11) is 1.53. The number of hydrogen-bond donors (Lipinski definition) is 0. The SMILES string of the molecule is CN=CO[Si](Cl)(Cl)Cl. The third kappa shape index (κ3) is 6.56. The lowest BCUT2D eigenvalue weighted by Crippen LogP contribution is -2.14. The van der Waals surface area contributed by atoms with E-state index in [0.29, 0.717) is 0 Å². The first kappa shape index (κ1) is 8.56. The summed E-state index contributed by atoms with van der Waals surface area (Å²) in [5, 5.41) is 0. The molecule has 0 aliphatic heterocycles. The average Bonchev–Trinajstić information content (AvgIpc) is 1.59. The summed E-state index contributed by atoms with van der Waals surface area (Å²) < 4.78 is 4.52. The second-order valence-corrected chi connectivity index (χ2v) is 8.59. The molecule has 0 amide bonds.